The molecule has 0 aliphatic carbocycles. The van der Waals surface area contributed by atoms with Crippen molar-refractivity contribution < 1.29 is 13.9 Å². The van der Waals surface area contributed by atoms with Gasteiger partial charge in [-0.3, -0.25) is 4.40 Å². The van der Waals surface area contributed by atoms with E-state index in [9.17, 15) is 9.18 Å². The van der Waals surface area contributed by atoms with Gasteiger partial charge >= 0.3 is 5.97 Å². The van der Waals surface area contributed by atoms with Crippen molar-refractivity contribution in [3.05, 3.63) is 59.7 Å². The smallest absolute Gasteiger partial charge is 0.360 e. The second kappa shape index (κ2) is 6.57. The first-order chi connectivity index (χ1) is 11.6. The van der Waals surface area contributed by atoms with Crippen molar-refractivity contribution in [1.82, 2.24) is 9.38 Å². The van der Waals surface area contributed by atoms with Gasteiger partial charge in [0.05, 0.1) is 12.3 Å². The number of carbonyl (C=O) groups excluding carboxylic acids is 1. The fourth-order valence-electron chi connectivity index (χ4n) is 2.21. The van der Waals surface area contributed by atoms with Crippen LogP contribution in [0.3, 0.4) is 0 Å². The number of aromatic nitrogens is 2. The molecule has 0 bridgehead atoms. The molecule has 0 N–H and O–H groups in total. The van der Waals surface area contributed by atoms with E-state index in [1.165, 1.54) is 18.2 Å². The minimum absolute atomic E-state index is 0.0719. The van der Waals surface area contributed by atoms with Gasteiger partial charge in [0.15, 0.2) is 11.5 Å². The summed E-state index contributed by atoms with van der Waals surface area (Å²) in [6.07, 6.45) is 1.75. The molecule has 2 heterocycles. The Balaban J connectivity index is 2.10. The van der Waals surface area contributed by atoms with Gasteiger partial charge in [0.25, 0.3) is 0 Å². The van der Waals surface area contributed by atoms with Crippen molar-refractivity contribution >= 4 is 23.1 Å². The van der Waals surface area contributed by atoms with Crippen LogP contribution in [-0.4, -0.2) is 22.0 Å². The van der Waals surface area contributed by atoms with E-state index in [4.69, 9.17) is 4.74 Å². The molecule has 0 radical (unpaired) electrons. The third kappa shape index (κ3) is 3.15. The zero-order chi connectivity index (χ0) is 17.1. The van der Waals surface area contributed by atoms with E-state index in [-0.39, 0.29) is 18.1 Å². The summed E-state index contributed by atoms with van der Waals surface area (Å²) in [7, 11) is 0. The van der Waals surface area contributed by atoms with Crippen molar-refractivity contribution in [2.75, 3.05) is 6.61 Å². The number of nitrogens with zero attached hydrogens (tertiary/aromatic N) is 4. The number of hydrogen-bond acceptors (Lipinski definition) is 5. The Labute approximate surface area is 137 Å². The van der Waals surface area contributed by atoms with Crippen LogP contribution in [0, 0.1) is 12.7 Å². The van der Waals surface area contributed by atoms with Crippen LogP contribution in [0.1, 0.15) is 23.0 Å². The van der Waals surface area contributed by atoms with Gasteiger partial charge in [-0.2, -0.15) is 0 Å². The summed E-state index contributed by atoms with van der Waals surface area (Å²) in [6.45, 7) is 3.87. The molecule has 122 valence electrons. The Hall–Kier alpha value is -3.09. The highest BCUT2D eigenvalue weighted by Crippen LogP contribution is 2.25. The summed E-state index contributed by atoms with van der Waals surface area (Å²) < 4.78 is 19.9. The molecule has 2 aromatic heterocycles. The van der Waals surface area contributed by atoms with Crippen molar-refractivity contribution in [1.29, 1.82) is 0 Å². The quantitative estimate of drug-likeness (QED) is 0.528. The van der Waals surface area contributed by atoms with Gasteiger partial charge in [-0.05, 0) is 43.7 Å². The second-order valence-electron chi connectivity index (χ2n) is 5.12. The predicted octanol–water partition coefficient (Wildman–Crippen LogP) is 4.37. The summed E-state index contributed by atoms with van der Waals surface area (Å²) in [4.78, 5) is 16.4. The van der Waals surface area contributed by atoms with Gasteiger partial charge in [-0.15, -0.1) is 10.2 Å². The molecule has 0 unspecified atom stereocenters. The molecule has 3 aromatic rings. The summed E-state index contributed by atoms with van der Waals surface area (Å²) in [5.41, 5.74) is 1.97. The molecule has 7 heteroatoms. The number of ether oxygens (including phenoxy) is 1. The molecule has 0 fully saturated rings. The van der Waals surface area contributed by atoms with Crippen molar-refractivity contribution in [2.24, 2.45) is 10.2 Å². The number of aryl methyl sites for hydroxylation is 1. The van der Waals surface area contributed by atoms with Gasteiger partial charge < -0.3 is 4.74 Å². The molecule has 0 saturated carbocycles. The molecule has 0 aliphatic heterocycles. The standard InChI is InChI=1S/C17H15FN4O2/c1-3-24-17(23)15-16(21-20-13-6-4-5-12(18)10-13)22-8-7-11(2)9-14(22)19-15/h4-10H,3H2,1-2H3. The van der Waals surface area contributed by atoms with E-state index in [0.717, 1.165) is 5.56 Å². The van der Waals surface area contributed by atoms with Crippen LogP contribution in [0.2, 0.25) is 0 Å². The first-order valence-electron chi connectivity index (χ1n) is 7.41. The number of carbonyl (C=O) groups is 1. The van der Waals surface area contributed by atoms with Crippen LogP contribution in [-0.2, 0) is 4.74 Å². The fraction of sp³-hybridized carbons (Fsp3) is 0.176. The van der Waals surface area contributed by atoms with Gasteiger partial charge in [-0.25, -0.2) is 14.2 Å². The summed E-state index contributed by atoms with van der Waals surface area (Å²) in [5.74, 6) is -0.745. The number of fused-ring (bicyclic) bond motifs is 1. The minimum atomic E-state index is -0.577. The van der Waals surface area contributed by atoms with Crippen LogP contribution in [0.5, 0.6) is 0 Å². The van der Waals surface area contributed by atoms with Crippen LogP contribution in [0.25, 0.3) is 5.65 Å². The van der Waals surface area contributed by atoms with Crippen molar-refractivity contribution in [3.8, 4) is 0 Å². The van der Waals surface area contributed by atoms with Crippen LogP contribution < -0.4 is 0 Å². The first kappa shape index (κ1) is 15.8. The summed E-state index contributed by atoms with van der Waals surface area (Å²) in [5, 5.41) is 8.10. The predicted molar refractivity (Wildman–Crippen MR) is 86.5 cm³/mol. The molecule has 24 heavy (non-hydrogen) atoms. The Morgan fingerprint density at radius 2 is 2.12 bits per heavy atom. The van der Waals surface area contributed by atoms with Gasteiger partial charge in [-0.1, -0.05) is 6.07 Å². The summed E-state index contributed by atoms with van der Waals surface area (Å²) in [6, 6.07) is 9.41. The third-order valence-corrected chi connectivity index (χ3v) is 3.29. The highest BCUT2D eigenvalue weighted by atomic mass is 19.1. The zero-order valence-electron chi connectivity index (χ0n) is 13.2. The topological polar surface area (TPSA) is 68.3 Å². The number of benzene rings is 1. The highest BCUT2D eigenvalue weighted by Gasteiger charge is 2.20. The largest absolute Gasteiger partial charge is 0.461 e. The van der Waals surface area contributed by atoms with Crippen molar-refractivity contribution in [3.63, 3.8) is 0 Å². The minimum Gasteiger partial charge on any atom is -0.461 e. The van der Waals surface area contributed by atoms with Crippen LogP contribution in [0.4, 0.5) is 15.9 Å². The van der Waals surface area contributed by atoms with Gasteiger partial charge in [0, 0.05) is 12.3 Å². The highest BCUT2D eigenvalue weighted by molar-refractivity contribution is 5.93. The molecular weight excluding hydrogens is 311 g/mol. The monoisotopic (exact) mass is 326 g/mol. The lowest BCUT2D eigenvalue weighted by atomic mass is 10.3. The van der Waals surface area contributed by atoms with Crippen LogP contribution >= 0.6 is 0 Å². The Bertz CT molecular complexity index is 933. The number of hydrogen-bond donors (Lipinski definition) is 0. The third-order valence-electron chi connectivity index (χ3n) is 3.29. The van der Waals surface area contributed by atoms with Gasteiger partial charge in [0.1, 0.15) is 11.5 Å². The molecule has 0 saturated heterocycles. The average molecular weight is 326 g/mol. The molecular formula is C17H15FN4O2. The van der Waals surface area contributed by atoms with E-state index in [2.05, 4.69) is 15.2 Å². The lowest BCUT2D eigenvalue weighted by Gasteiger charge is -2.00. The number of imidazole rings is 1. The molecule has 0 atom stereocenters. The van der Waals surface area contributed by atoms with E-state index in [0.29, 0.717) is 11.3 Å². The molecule has 6 nitrogen and oxygen atoms in total. The lowest BCUT2D eigenvalue weighted by Crippen LogP contribution is -2.05. The molecule has 3 rings (SSSR count). The molecule has 0 aliphatic rings. The number of pyridine rings is 1. The van der Waals surface area contributed by atoms with E-state index < -0.39 is 11.8 Å². The summed E-state index contributed by atoms with van der Waals surface area (Å²) >= 11 is 0. The number of esters is 1. The van der Waals surface area contributed by atoms with E-state index in [1.54, 1.807) is 23.6 Å². The number of halogens is 1. The normalized spacial score (nSPS) is 11.3. The lowest BCUT2D eigenvalue weighted by molar-refractivity contribution is 0.0521. The molecule has 0 spiro atoms. The first-order valence-corrected chi connectivity index (χ1v) is 7.41. The van der Waals surface area contributed by atoms with Crippen LogP contribution in [0.15, 0.2) is 52.8 Å². The maximum Gasteiger partial charge on any atom is 0.360 e. The van der Waals surface area contributed by atoms with Crippen molar-refractivity contribution in [2.45, 2.75) is 13.8 Å². The SMILES string of the molecule is CCOC(=O)c1nc2cc(C)ccn2c1N=Nc1cccc(F)c1. The Morgan fingerprint density at radius 1 is 1.29 bits per heavy atom. The van der Waals surface area contributed by atoms with Gasteiger partial charge in [0.2, 0.25) is 0 Å². The van der Waals surface area contributed by atoms with E-state index >= 15 is 0 Å². The zero-order valence-corrected chi connectivity index (χ0v) is 13.2. The Morgan fingerprint density at radius 3 is 2.88 bits per heavy atom. The van der Waals surface area contributed by atoms with E-state index in [1.807, 2.05) is 19.1 Å². The second-order valence-corrected chi connectivity index (χ2v) is 5.12. The number of rotatable bonds is 4. The Kier molecular flexibility index (Phi) is 4.33. The average Bonchev–Trinajstić information content (AvgIpc) is 2.91. The fourth-order valence-corrected chi connectivity index (χ4v) is 2.21. The maximum atomic E-state index is 13.2. The number of azo groups is 1. The maximum absolute atomic E-state index is 13.2. The molecule has 1 aromatic carbocycles. The molecule has 0 amide bonds.